The highest BCUT2D eigenvalue weighted by Gasteiger charge is 2.76. The van der Waals surface area contributed by atoms with Gasteiger partial charge in [0.25, 0.3) is 15.6 Å². The fraction of sp³-hybridized carbons (Fsp3) is 0.222. The summed E-state index contributed by atoms with van der Waals surface area (Å²) in [5.41, 5.74) is 0.0203. The summed E-state index contributed by atoms with van der Waals surface area (Å²) in [5.74, 6) is -3.16. The highest BCUT2D eigenvalue weighted by Crippen LogP contribution is 2.73. The first kappa shape index (κ1) is 33.2. The Balaban J connectivity index is 1.50. The number of rotatable bonds is 8. The number of aryl methyl sites for hydroxylation is 1. The molecule has 0 bridgehead atoms. The Labute approximate surface area is 280 Å². The van der Waals surface area contributed by atoms with Gasteiger partial charge in [0.05, 0.1) is 31.7 Å². The molecule has 3 N–H and O–H groups in total. The number of nitrogens with one attached hydrogen (secondary N) is 3. The van der Waals surface area contributed by atoms with E-state index in [1.807, 2.05) is 0 Å². The van der Waals surface area contributed by atoms with Crippen LogP contribution in [0.1, 0.15) is 27.4 Å². The third-order valence-corrected chi connectivity index (χ3v) is 9.46. The molecule has 0 spiro atoms. The Morgan fingerprint density at radius 1 is 0.929 bits per heavy atom. The average Bonchev–Trinajstić information content (AvgIpc) is 3.40. The second-order valence-corrected chi connectivity index (χ2v) is 14.4. The fourth-order valence-electron chi connectivity index (χ4n) is 4.50. The number of amides is 2. The van der Waals surface area contributed by atoms with Gasteiger partial charge in [0.15, 0.2) is 0 Å². The average molecular weight is 735 g/mol. The van der Waals surface area contributed by atoms with Crippen LogP contribution in [0.4, 0.5) is 21.5 Å². The number of benzene rings is 3. The van der Waals surface area contributed by atoms with Crippen LogP contribution >= 0.6 is 92.8 Å². The van der Waals surface area contributed by atoms with Gasteiger partial charge in [0.1, 0.15) is 16.4 Å². The highest BCUT2D eigenvalue weighted by atomic mass is 35.6. The summed E-state index contributed by atoms with van der Waals surface area (Å²) in [6, 6.07) is 11.8. The maximum absolute atomic E-state index is 14.8. The number of hydrogen-bond acceptors (Lipinski definition) is 4. The zero-order valence-electron chi connectivity index (χ0n) is 21.1. The molecule has 3 aromatic rings. The van der Waals surface area contributed by atoms with Gasteiger partial charge in [-0.3, -0.25) is 9.59 Å². The van der Waals surface area contributed by atoms with Gasteiger partial charge in [-0.1, -0.05) is 98.9 Å². The summed E-state index contributed by atoms with van der Waals surface area (Å²) < 4.78 is 11.0. The van der Waals surface area contributed by atoms with E-state index in [1.165, 1.54) is 25.1 Å². The van der Waals surface area contributed by atoms with Crippen LogP contribution in [0.2, 0.25) is 15.1 Å². The topological polar surface area (TPSA) is 87.3 Å². The highest BCUT2D eigenvalue weighted by molar-refractivity contribution is 6.76. The molecule has 6 nitrogen and oxygen atoms in total. The molecule has 2 unspecified atom stereocenters. The van der Waals surface area contributed by atoms with Crippen LogP contribution in [-0.4, -0.2) is 32.8 Å². The lowest BCUT2D eigenvalue weighted by atomic mass is 10.00. The SMILES string of the molecule is Cc1cc(NC(=O)c2cc(NCC3(C=O)C(c4ccc(Cl)c(Cl)c4)C3(Cl)Cl)ccc2Cl)cc(F)c1NC(=O)C(Cl)(Cl)Cl. The third kappa shape index (κ3) is 6.54. The molecule has 15 heteroatoms. The van der Waals surface area contributed by atoms with Gasteiger partial charge in [-0.25, -0.2) is 4.39 Å². The summed E-state index contributed by atoms with van der Waals surface area (Å²) >= 11 is 48.2. The predicted molar refractivity (Wildman–Crippen MR) is 170 cm³/mol. The van der Waals surface area contributed by atoms with Crippen LogP contribution < -0.4 is 16.0 Å². The molecule has 1 fully saturated rings. The van der Waals surface area contributed by atoms with Crippen molar-refractivity contribution in [2.75, 3.05) is 22.5 Å². The molecule has 4 rings (SSSR count). The van der Waals surface area contributed by atoms with Crippen molar-refractivity contribution in [2.45, 2.75) is 21.0 Å². The maximum atomic E-state index is 14.8. The molecule has 0 heterocycles. The van der Waals surface area contributed by atoms with E-state index < -0.39 is 37.1 Å². The molecular weight excluding hydrogens is 717 g/mol. The smallest absolute Gasteiger partial charge is 0.276 e. The van der Waals surface area contributed by atoms with Crippen LogP contribution in [0, 0.1) is 18.2 Å². The van der Waals surface area contributed by atoms with Gasteiger partial charge in [-0.05, 0) is 60.5 Å². The molecule has 0 saturated heterocycles. The lowest BCUT2D eigenvalue weighted by molar-refractivity contribution is -0.115. The number of halogens is 9. The Kier molecular flexibility index (Phi) is 9.78. The zero-order chi connectivity index (χ0) is 31.2. The number of carbonyl (C=O) groups is 3. The van der Waals surface area contributed by atoms with Gasteiger partial charge in [-0.15, -0.1) is 0 Å². The Hall–Kier alpha value is -1.68. The van der Waals surface area contributed by atoms with Crippen LogP contribution in [0.3, 0.4) is 0 Å². The summed E-state index contributed by atoms with van der Waals surface area (Å²) in [5, 5.41) is 8.60. The van der Waals surface area contributed by atoms with Crippen molar-refractivity contribution in [3.63, 3.8) is 0 Å². The van der Waals surface area contributed by atoms with Crippen molar-refractivity contribution in [3.05, 3.63) is 86.1 Å². The van der Waals surface area contributed by atoms with E-state index in [0.29, 0.717) is 27.6 Å². The quantitative estimate of drug-likeness (QED) is 0.159. The number of aldehydes is 1. The van der Waals surface area contributed by atoms with Crippen LogP contribution in [0.15, 0.2) is 48.5 Å². The summed E-state index contributed by atoms with van der Waals surface area (Å²) in [6.45, 7) is 1.51. The van der Waals surface area contributed by atoms with Gasteiger partial charge in [0.2, 0.25) is 0 Å². The molecule has 1 saturated carbocycles. The van der Waals surface area contributed by atoms with Crippen molar-refractivity contribution >= 4 is 128 Å². The monoisotopic (exact) mass is 731 g/mol. The lowest BCUT2D eigenvalue weighted by Gasteiger charge is -2.16. The molecule has 2 amide bonds. The number of carbonyl (C=O) groups excluding carboxylic acids is 3. The number of hydrogen-bond donors (Lipinski definition) is 3. The first-order valence-corrected chi connectivity index (χ1v) is 14.9. The van der Waals surface area contributed by atoms with Crippen molar-refractivity contribution < 1.29 is 18.8 Å². The minimum Gasteiger partial charge on any atom is -0.384 e. The van der Waals surface area contributed by atoms with Gasteiger partial charge in [-0.2, -0.15) is 0 Å². The Morgan fingerprint density at radius 2 is 1.60 bits per heavy atom. The summed E-state index contributed by atoms with van der Waals surface area (Å²) in [6.07, 6.45) is 0.688. The van der Waals surface area contributed by atoms with Gasteiger partial charge >= 0.3 is 0 Å². The molecule has 0 aliphatic heterocycles. The van der Waals surface area contributed by atoms with Crippen molar-refractivity contribution in [2.24, 2.45) is 5.41 Å². The molecule has 1 aliphatic carbocycles. The zero-order valence-corrected chi connectivity index (χ0v) is 27.2. The number of alkyl halides is 5. The van der Waals surface area contributed by atoms with E-state index in [9.17, 15) is 18.8 Å². The van der Waals surface area contributed by atoms with Crippen LogP contribution in [0.25, 0.3) is 0 Å². The first-order chi connectivity index (χ1) is 19.5. The fourth-order valence-corrected chi connectivity index (χ4v) is 6.12. The Morgan fingerprint density at radius 3 is 2.19 bits per heavy atom. The van der Waals surface area contributed by atoms with Gasteiger partial charge in [0, 0.05) is 23.8 Å². The van der Waals surface area contributed by atoms with E-state index in [2.05, 4.69) is 16.0 Å². The first-order valence-electron chi connectivity index (χ1n) is 11.8. The molecule has 0 aromatic heterocycles. The third-order valence-electron chi connectivity index (χ3n) is 6.74. The Bertz CT molecular complexity index is 1570. The van der Waals surface area contributed by atoms with Gasteiger partial charge < -0.3 is 20.7 Å². The summed E-state index contributed by atoms with van der Waals surface area (Å²) in [7, 11) is 0. The molecule has 1 aliphatic rings. The second-order valence-electron chi connectivity index (χ2n) is 9.49. The van der Waals surface area contributed by atoms with E-state index in [-0.39, 0.29) is 34.1 Å². The molecule has 0 radical (unpaired) electrons. The standard InChI is InChI=1S/C27H18Cl8FN3O3/c1-12-6-15(9-20(36)21(12)39-24(42)27(33,34)35)38-23(41)16-8-14(3-5-17(16)28)37-10-25(11-40)22(26(25,31)32)13-2-4-18(29)19(30)7-13/h2-9,11,22,37H,10H2,1H3,(H,38,41)(H,39,42). The minimum absolute atomic E-state index is 0.0168. The molecular formula is C27H18Cl8FN3O3. The number of anilines is 3. The molecule has 2 atom stereocenters. The molecule has 222 valence electrons. The van der Waals surface area contributed by atoms with Crippen LogP contribution in [-0.2, 0) is 9.59 Å². The lowest BCUT2D eigenvalue weighted by Crippen LogP contribution is -2.27. The normalized spacial score (nSPS) is 19.1. The van der Waals surface area contributed by atoms with Crippen molar-refractivity contribution in [1.29, 1.82) is 0 Å². The molecule has 42 heavy (non-hydrogen) atoms. The maximum Gasteiger partial charge on any atom is 0.276 e. The van der Waals surface area contributed by atoms with E-state index in [1.54, 1.807) is 24.3 Å². The summed E-state index contributed by atoms with van der Waals surface area (Å²) in [4.78, 5) is 37.3. The minimum atomic E-state index is -2.30. The van der Waals surface area contributed by atoms with Crippen LogP contribution in [0.5, 0.6) is 0 Å². The predicted octanol–water partition coefficient (Wildman–Crippen LogP) is 9.22. The second kappa shape index (κ2) is 12.4. The van der Waals surface area contributed by atoms with Crippen molar-refractivity contribution in [3.8, 4) is 0 Å². The largest absolute Gasteiger partial charge is 0.384 e. The van der Waals surface area contributed by atoms with E-state index in [4.69, 9.17) is 92.8 Å². The van der Waals surface area contributed by atoms with E-state index in [0.717, 1.165) is 6.07 Å². The molecule has 3 aromatic carbocycles. The van der Waals surface area contributed by atoms with E-state index >= 15 is 0 Å². The van der Waals surface area contributed by atoms with Crippen molar-refractivity contribution in [1.82, 2.24) is 0 Å².